The second-order valence-electron chi connectivity index (χ2n) is 6.45. The number of anilines is 1. The van der Waals surface area contributed by atoms with E-state index >= 15 is 0 Å². The van der Waals surface area contributed by atoms with Crippen LogP contribution >= 0.6 is 0 Å². The lowest BCUT2D eigenvalue weighted by atomic mass is 10.2. The summed E-state index contributed by atoms with van der Waals surface area (Å²) < 4.78 is 7.10. The van der Waals surface area contributed by atoms with Gasteiger partial charge in [-0.05, 0) is 49.9 Å². The van der Waals surface area contributed by atoms with E-state index in [2.05, 4.69) is 22.3 Å². The third-order valence-electron chi connectivity index (χ3n) is 4.73. The van der Waals surface area contributed by atoms with Crippen molar-refractivity contribution in [2.24, 2.45) is 5.92 Å². The van der Waals surface area contributed by atoms with Crippen LogP contribution in [0.2, 0.25) is 0 Å². The molecule has 0 saturated heterocycles. The minimum absolute atomic E-state index is 0.234. The summed E-state index contributed by atoms with van der Waals surface area (Å²) in [7, 11) is 1.63. The maximum Gasteiger partial charge on any atom is 0.275 e. The average Bonchev–Trinajstić information content (AvgIpc) is 3.39. The molecule has 25 heavy (non-hydrogen) atoms. The highest BCUT2D eigenvalue weighted by atomic mass is 16.5. The van der Waals surface area contributed by atoms with Crippen molar-refractivity contribution < 1.29 is 9.53 Å². The molecule has 0 aliphatic heterocycles. The van der Waals surface area contributed by atoms with E-state index in [1.54, 1.807) is 19.4 Å². The van der Waals surface area contributed by atoms with Gasteiger partial charge in [-0.25, -0.2) is 9.67 Å². The summed E-state index contributed by atoms with van der Waals surface area (Å²) in [6.07, 6.45) is 4.17. The standard InChI is InChI=1S/C19H20N4O2/c1-12(13-3-4-13)23-18(9-10-20-23)22-19(24)17-7-5-14-11-15(25-2)6-8-16(14)21-17/h5-13H,3-4H2,1-2H3,(H,22,24). The maximum atomic E-state index is 12.6. The highest BCUT2D eigenvalue weighted by Gasteiger charge is 2.30. The van der Waals surface area contributed by atoms with Gasteiger partial charge in [-0.15, -0.1) is 0 Å². The number of benzene rings is 1. The second kappa shape index (κ2) is 6.20. The van der Waals surface area contributed by atoms with Crippen molar-refractivity contribution in [2.75, 3.05) is 12.4 Å². The summed E-state index contributed by atoms with van der Waals surface area (Å²) in [5.41, 5.74) is 1.14. The Morgan fingerprint density at radius 3 is 2.88 bits per heavy atom. The molecule has 6 heteroatoms. The molecule has 1 amide bonds. The number of pyridine rings is 1. The summed E-state index contributed by atoms with van der Waals surface area (Å²) in [6.45, 7) is 2.14. The van der Waals surface area contributed by atoms with E-state index in [1.807, 2.05) is 35.0 Å². The molecule has 0 bridgehead atoms. The van der Waals surface area contributed by atoms with Crippen LogP contribution in [0.25, 0.3) is 10.9 Å². The van der Waals surface area contributed by atoms with Crippen molar-refractivity contribution >= 4 is 22.6 Å². The molecule has 2 aromatic heterocycles. The quantitative estimate of drug-likeness (QED) is 0.772. The van der Waals surface area contributed by atoms with Gasteiger partial charge in [0.15, 0.2) is 0 Å². The van der Waals surface area contributed by atoms with Gasteiger partial charge >= 0.3 is 0 Å². The van der Waals surface area contributed by atoms with Crippen LogP contribution in [0.1, 0.15) is 36.3 Å². The van der Waals surface area contributed by atoms with Crippen molar-refractivity contribution in [1.29, 1.82) is 0 Å². The lowest BCUT2D eigenvalue weighted by Crippen LogP contribution is -2.19. The van der Waals surface area contributed by atoms with Gasteiger partial charge in [-0.3, -0.25) is 4.79 Å². The molecule has 1 aliphatic rings. The number of nitrogens with one attached hydrogen (secondary N) is 1. The minimum atomic E-state index is -0.234. The molecule has 6 nitrogen and oxygen atoms in total. The van der Waals surface area contributed by atoms with Crippen molar-refractivity contribution in [1.82, 2.24) is 14.8 Å². The van der Waals surface area contributed by atoms with Gasteiger partial charge in [-0.2, -0.15) is 5.10 Å². The number of hydrogen-bond donors (Lipinski definition) is 1. The molecule has 1 unspecified atom stereocenters. The number of ether oxygens (including phenoxy) is 1. The molecule has 1 aliphatic carbocycles. The highest BCUT2D eigenvalue weighted by Crippen LogP contribution is 2.40. The molecule has 0 spiro atoms. The van der Waals surface area contributed by atoms with Crippen LogP contribution in [0.4, 0.5) is 5.82 Å². The normalized spacial score (nSPS) is 15.1. The number of hydrogen-bond acceptors (Lipinski definition) is 4. The minimum Gasteiger partial charge on any atom is -0.497 e. The fourth-order valence-electron chi connectivity index (χ4n) is 3.05. The fraction of sp³-hybridized carbons (Fsp3) is 0.316. The van der Waals surface area contributed by atoms with Crippen LogP contribution in [0.5, 0.6) is 5.75 Å². The number of nitrogens with zero attached hydrogens (tertiary/aromatic N) is 3. The number of fused-ring (bicyclic) bond motifs is 1. The monoisotopic (exact) mass is 336 g/mol. The Morgan fingerprint density at radius 2 is 2.12 bits per heavy atom. The summed E-state index contributed by atoms with van der Waals surface area (Å²) >= 11 is 0. The zero-order chi connectivity index (χ0) is 17.4. The van der Waals surface area contributed by atoms with Crippen molar-refractivity contribution in [2.45, 2.75) is 25.8 Å². The Labute approximate surface area is 145 Å². The Hall–Kier alpha value is -2.89. The summed E-state index contributed by atoms with van der Waals surface area (Å²) in [6, 6.07) is 11.3. The summed E-state index contributed by atoms with van der Waals surface area (Å²) in [5.74, 6) is 1.90. The van der Waals surface area contributed by atoms with Gasteiger partial charge in [0.2, 0.25) is 0 Å². The third-order valence-corrected chi connectivity index (χ3v) is 4.73. The van der Waals surface area contributed by atoms with Crippen molar-refractivity contribution in [3.8, 4) is 5.75 Å². The van der Waals surface area contributed by atoms with Crippen LogP contribution in [0.3, 0.4) is 0 Å². The SMILES string of the molecule is COc1ccc2nc(C(=O)Nc3ccnn3C(C)C3CC3)ccc2c1. The smallest absolute Gasteiger partial charge is 0.275 e. The molecule has 3 aromatic rings. The largest absolute Gasteiger partial charge is 0.497 e. The first-order valence-corrected chi connectivity index (χ1v) is 8.45. The number of rotatable bonds is 5. The predicted octanol–water partition coefficient (Wildman–Crippen LogP) is 3.66. The number of amides is 1. The van der Waals surface area contributed by atoms with Crippen LogP contribution in [-0.2, 0) is 0 Å². The van der Waals surface area contributed by atoms with E-state index in [4.69, 9.17) is 4.74 Å². The number of carbonyl (C=O) groups excluding carboxylic acids is 1. The molecule has 0 radical (unpaired) electrons. The van der Waals surface area contributed by atoms with Gasteiger partial charge in [-0.1, -0.05) is 6.07 Å². The van der Waals surface area contributed by atoms with Crippen LogP contribution in [0, 0.1) is 5.92 Å². The van der Waals surface area contributed by atoms with Crippen LogP contribution in [0.15, 0.2) is 42.6 Å². The van der Waals surface area contributed by atoms with Crippen molar-refractivity contribution in [3.63, 3.8) is 0 Å². The topological polar surface area (TPSA) is 69.0 Å². The number of aromatic nitrogens is 3. The van der Waals surface area contributed by atoms with Gasteiger partial charge in [0.1, 0.15) is 17.3 Å². The summed E-state index contributed by atoms with van der Waals surface area (Å²) in [5, 5.41) is 8.23. The lowest BCUT2D eigenvalue weighted by molar-refractivity contribution is 0.102. The Kier molecular flexibility index (Phi) is 3.87. The molecule has 128 valence electrons. The Bertz CT molecular complexity index is 930. The number of carbonyl (C=O) groups is 1. The molecule has 1 atom stereocenters. The van der Waals surface area contributed by atoms with E-state index < -0.39 is 0 Å². The van der Waals surface area contributed by atoms with E-state index in [9.17, 15) is 4.79 Å². The zero-order valence-corrected chi connectivity index (χ0v) is 14.3. The molecule has 1 N–H and O–H groups in total. The highest BCUT2D eigenvalue weighted by molar-refractivity contribution is 6.03. The van der Waals surface area contributed by atoms with Gasteiger partial charge in [0.25, 0.3) is 5.91 Å². The van der Waals surface area contributed by atoms with E-state index in [0.29, 0.717) is 23.5 Å². The lowest BCUT2D eigenvalue weighted by Gasteiger charge is -2.15. The zero-order valence-electron chi connectivity index (χ0n) is 14.3. The maximum absolute atomic E-state index is 12.6. The van der Waals surface area contributed by atoms with Crippen molar-refractivity contribution in [3.05, 3.63) is 48.3 Å². The van der Waals surface area contributed by atoms with Gasteiger partial charge in [0, 0.05) is 11.5 Å². The first kappa shape index (κ1) is 15.6. The molecule has 1 aromatic carbocycles. The first-order valence-electron chi connectivity index (χ1n) is 8.45. The molecule has 2 heterocycles. The van der Waals surface area contributed by atoms with Gasteiger partial charge in [0.05, 0.1) is 24.9 Å². The Balaban J connectivity index is 1.57. The van der Waals surface area contributed by atoms with Crippen LogP contribution < -0.4 is 10.1 Å². The Morgan fingerprint density at radius 1 is 1.28 bits per heavy atom. The van der Waals surface area contributed by atoms with E-state index in [-0.39, 0.29) is 5.91 Å². The molecular formula is C19H20N4O2. The molecule has 1 fully saturated rings. The van der Waals surface area contributed by atoms with E-state index in [0.717, 1.165) is 16.7 Å². The first-order chi connectivity index (χ1) is 12.2. The molecular weight excluding hydrogens is 316 g/mol. The number of methoxy groups -OCH3 is 1. The summed E-state index contributed by atoms with van der Waals surface area (Å²) in [4.78, 5) is 17.1. The van der Waals surface area contributed by atoms with Crippen LogP contribution in [-0.4, -0.2) is 27.8 Å². The van der Waals surface area contributed by atoms with Gasteiger partial charge < -0.3 is 10.1 Å². The van der Waals surface area contributed by atoms with E-state index in [1.165, 1.54) is 12.8 Å². The second-order valence-corrected chi connectivity index (χ2v) is 6.45. The molecule has 4 rings (SSSR count). The average molecular weight is 336 g/mol. The predicted molar refractivity (Wildman–Crippen MR) is 95.9 cm³/mol. The molecule has 1 saturated carbocycles. The fourth-order valence-corrected chi connectivity index (χ4v) is 3.05. The third kappa shape index (κ3) is 3.07.